The molecule has 0 aliphatic rings. The molecule has 0 saturated carbocycles. The predicted octanol–water partition coefficient (Wildman–Crippen LogP) is 3.73. The van der Waals surface area contributed by atoms with Gasteiger partial charge in [-0.15, -0.1) is 6.58 Å². The van der Waals surface area contributed by atoms with Gasteiger partial charge in [-0.25, -0.2) is 10.4 Å². The van der Waals surface area contributed by atoms with Gasteiger partial charge in [-0.1, -0.05) is 42.1 Å². The second-order valence-electron chi connectivity index (χ2n) is 6.06. The Labute approximate surface area is 168 Å². The van der Waals surface area contributed by atoms with Crippen molar-refractivity contribution in [3.63, 3.8) is 0 Å². The Bertz CT molecular complexity index is 1030. The third kappa shape index (κ3) is 4.43. The molecule has 0 atom stereocenters. The van der Waals surface area contributed by atoms with Crippen LogP contribution in [0.3, 0.4) is 0 Å². The first kappa shape index (κ1) is 19.7. The molecule has 0 saturated heterocycles. The molecule has 28 heavy (non-hydrogen) atoms. The average Bonchev–Trinajstić information content (AvgIpc) is 3.07. The summed E-state index contributed by atoms with van der Waals surface area (Å²) in [5, 5.41) is 15.0. The average molecular weight is 395 g/mol. The van der Waals surface area contributed by atoms with E-state index in [9.17, 15) is 9.90 Å². The Morgan fingerprint density at radius 1 is 1.32 bits per heavy atom. The molecular formula is C21H22N4O2S. The Balaban J connectivity index is 1.60. The number of para-hydroxylation sites is 3. The molecule has 0 fully saturated rings. The Morgan fingerprint density at radius 2 is 2.14 bits per heavy atom. The van der Waals surface area contributed by atoms with Crippen LogP contribution < -0.4 is 5.43 Å². The van der Waals surface area contributed by atoms with Crippen LogP contribution >= 0.6 is 11.8 Å². The Morgan fingerprint density at radius 3 is 2.93 bits per heavy atom. The number of carbonyl (C=O) groups excluding carboxylic acids is 1. The van der Waals surface area contributed by atoms with Crippen LogP contribution in [-0.2, 0) is 17.8 Å². The van der Waals surface area contributed by atoms with E-state index >= 15 is 0 Å². The summed E-state index contributed by atoms with van der Waals surface area (Å²) in [5.74, 6) is 0.104. The summed E-state index contributed by atoms with van der Waals surface area (Å²) in [6.07, 6.45) is 3.72. The van der Waals surface area contributed by atoms with Gasteiger partial charge >= 0.3 is 0 Å². The zero-order valence-electron chi connectivity index (χ0n) is 15.6. The molecule has 144 valence electrons. The maximum atomic E-state index is 12.1. The van der Waals surface area contributed by atoms with Gasteiger partial charge in [0.15, 0.2) is 5.16 Å². The number of hydrogen-bond acceptors (Lipinski definition) is 5. The number of allylic oxidation sites excluding steroid dienone is 1. The minimum atomic E-state index is -0.238. The van der Waals surface area contributed by atoms with E-state index in [0.717, 1.165) is 28.3 Å². The largest absolute Gasteiger partial charge is 0.507 e. The zero-order valence-corrected chi connectivity index (χ0v) is 16.4. The summed E-state index contributed by atoms with van der Waals surface area (Å²) in [6.45, 7) is 6.50. The Hall–Kier alpha value is -3.06. The normalized spacial score (nSPS) is 11.2. The molecule has 0 aliphatic heterocycles. The molecule has 6 nitrogen and oxygen atoms in total. The fourth-order valence-electron chi connectivity index (χ4n) is 2.84. The summed E-state index contributed by atoms with van der Waals surface area (Å²) >= 11 is 1.37. The third-order valence-electron chi connectivity index (χ3n) is 4.18. The maximum Gasteiger partial charge on any atom is 0.250 e. The lowest BCUT2D eigenvalue weighted by Crippen LogP contribution is -2.20. The SMILES string of the molecule is C=CCc1cccc(/C=N\NC(=O)CSc2nc3ccccc3n2CC)c1O. The van der Waals surface area contributed by atoms with Crippen molar-refractivity contribution in [1.29, 1.82) is 0 Å². The van der Waals surface area contributed by atoms with E-state index in [-0.39, 0.29) is 17.4 Å². The first-order valence-electron chi connectivity index (χ1n) is 8.95. The number of nitrogens with one attached hydrogen (secondary N) is 1. The number of aromatic nitrogens is 2. The monoisotopic (exact) mass is 394 g/mol. The number of aromatic hydroxyl groups is 1. The van der Waals surface area contributed by atoms with Crippen molar-refractivity contribution >= 4 is 34.9 Å². The van der Waals surface area contributed by atoms with E-state index in [0.29, 0.717) is 12.0 Å². The molecule has 0 aliphatic carbocycles. The summed E-state index contributed by atoms with van der Waals surface area (Å²) in [5.41, 5.74) is 5.77. The number of benzene rings is 2. The highest BCUT2D eigenvalue weighted by Gasteiger charge is 2.11. The molecule has 3 rings (SSSR count). The summed E-state index contributed by atoms with van der Waals surface area (Å²) < 4.78 is 2.08. The van der Waals surface area contributed by atoms with Crippen LogP contribution in [0.2, 0.25) is 0 Å². The number of hydrogen-bond donors (Lipinski definition) is 2. The molecule has 7 heteroatoms. The van der Waals surface area contributed by atoms with E-state index in [1.165, 1.54) is 18.0 Å². The highest BCUT2D eigenvalue weighted by molar-refractivity contribution is 7.99. The predicted molar refractivity (Wildman–Crippen MR) is 114 cm³/mol. The van der Waals surface area contributed by atoms with Crippen LogP contribution in [0.1, 0.15) is 18.1 Å². The third-order valence-corrected chi connectivity index (χ3v) is 5.15. The van der Waals surface area contributed by atoms with Gasteiger partial charge in [0.05, 0.1) is 23.0 Å². The minimum Gasteiger partial charge on any atom is -0.507 e. The van der Waals surface area contributed by atoms with Gasteiger partial charge in [0.1, 0.15) is 5.75 Å². The van der Waals surface area contributed by atoms with Crippen LogP contribution in [-0.4, -0.2) is 32.5 Å². The molecule has 2 N–H and O–H groups in total. The first-order valence-corrected chi connectivity index (χ1v) is 9.94. The summed E-state index contributed by atoms with van der Waals surface area (Å²) in [7, 11) is 0. The molecule has 2 aromatic carbocycles. The highest BCUT2D eigenvalue weighted by atomic mass is 32.2. The van der Waals surface area contributed by atoms with Gasteiger partial charge in [-0.3, -0.25) is 4.79 Å². The van der Waals surface area contributed by atoms with E-state index in [1.54, 1.807) is 12.1 Å². The number of carbonyl (C=O) groups is 1. The smallest absolute Gasteiger partial charge is 0.250 e. The van der Waals surface area contributed by atoms with Crippen molar-refractivity contribution in [2.45, 2.75) is 25.0 Å². The number of hydrazone groups is 1. The number of thioether (sulfide) groups is 1. The first-order chi connectivity index (χ1) is 13.6. The second kappa shape index (κ2) is 9.23. The fraction of sp³-hybridized carbons (Fsp3) is 0.190. The number of nitrogens with zero attached hydrogens (tertiary/aromatic N) is 3. The number of phenols is 1. The van der Waals surface area contributed by atoms with Crippen molar-refractivity contribution in [2.24, 2.45) is 5.10 Å². The number of aryl methyl sites for hydroxylation is 1. The molecule has 0 spiro atoms. The Kier molecular flexibility index (Phi) is 6.49. The van der Waals surface area contributed by atoms with Gasteiger partial charge in [0.2, 0.25) is 0 Å². The summed E-state index contributed by atoms with van der Waals surface area (Å²) in [6, 6.07) is 13.3. The van der Waals surface area contributed by atoms with E-state index in [4.69, 9.17) is 0 Å². The number of imidazole rings is 1. The second-order valence-corrected chi connectivity index (χ2v) is 7.00. The van der Waals surface area contributed by atoms with Gasteiger partial charge in [0.25, 0.3) is 5.91 Å². The van der Waals surface area contributed by atoms with Gasteiger partial charge < -0.3 is 9.67 Å². The lowest BCUT2D eigenvalue weighted by atomic mass is 10.1. The van der Waals surface area contributed by atoms with Gasteiger partial charge in [0, 0.05) is 12.1 Å². The molecular weight excluding hydrogens is 372 g/mol. The molecule has 3 aromatic rings. The van der Waals surface area contributed by atoms with E-state index in [2.05, 4.69) is 33.6 Å². The van der Waals surface area contributed by atoms with Crippen LogP contribution in [0.5, 0.6) is 5.75 Å². The molecule has 0 bridgehead atoms. The minimum absolute atomic E-state index is 0.145. The van der Waals surface area contributed by atoms with E-state index < -0.39 is 0 Å². The van der Waals surface area contributed by atoms with Gasteiger partial charge in [-0.05, 0) is 37.1 Å². The van der Waals surface area contributed by atoms with Crippen molar-refractivity contribution in [3.05, 3.63) is 66.2 Å². The number of phenolic OH excluding ortho intramolecular Hbond substituents is 1. The van der Waals surface area contributed by atoms with Gasteiger partial charge in [-0.2, -0.15) is 5.10 Å². The van der Waals surface area contributed by atoms with Crippen LogP contribution in [0.15, 0.2) is 65.4 Å². The fourth-order valence-corrected chi connectivity index (χ4v) is 3.71. The molecule has 0 unspecified atom stereocenters. The molecule has 1 aromatic heterocycles. The van der Waals surface area contributed by atoms with Crippen molar-refractivity contribution in [2.75, 3.05) is 5.75 Å². The summed E-state index contributed by atoms with van der Waals surface area (Å²) in [4.78, 5) is 16.7. The molecule has 1 heterocycles. The van der Waals surface area contributed by atoms with Crippen molar-refractivity contribution in [1.82, 2.24) is 15.0 Å². The lowest BCUT2D eigenvalue weighted by molar-refractivity contribution is -0.118. The highest BCUT2D eigenvalue weighted by Crippen LogP contribution is 2.24. The van der Waals surface area contributed by atoms with E-state index in [1.807, 2.05) is 36.4 Å². The van der Waals surface area contributed by atoms with Crippen LogP contribution in [0.4, 0.5) is 0 Å². The number of rotatable bonds is 8. The standard InChI is InChI=1S/C21H22N4O2S/c1-3-8-15-9-7-10-16(20(15)27)13-22-24-19(26)14-28-21-23-17-11-5-6-12-18(17)25(21)4-2/h3,5-7,9-13,27H,1,4,8,14H2,2H3,(H,24,26)/b22-13-. The van der Waals surface area contributed by atoms with Crippen LogP contribution in [0.25, 0.3) is 11.0 Å². The topological polar surface area (TPSA) is 79.5 Å². The quantitative estimate of drug-likeness (QED) is 0.264. The molecule has 0 radical (unpaired) electrons. The molecule has 1 amide bonds. The van der Waals surface area contributed by atoms with Crippen molar-refractivity contribution in [3.8, 4) is 5.75 Å². The number of amides is 1. The van der Waals surface area contributed by atoms with Crippen LogP contribution in [0, 0.1) is 0 Å². The zero-order chi connectivity index (χ0) is 19.9. The van der Waals surface area contributed by atoms with Crippen molar-refractivity contribution < 1.29 is 9.90 Å². The number of fused-ring (bicyclic) bond motifs is 1. The maximum absolute atomic E-state index is 12.1. The lowest BCUT2D eigenvalue weighted by Gasteiger charge is -2.05.